The minimum Gasteiger partial charge on any atom is -0.309 e. The number of nitriles is 1. The van der Waals surface area contributed by atoms with Gasteiger partial charge in [0.05, 0.1) is 10.9 Å². The van der Waals surface area contributed by atoms with Crippen molar-refractivity contribution in [3.8, 4) is 6.07 Å². The molecule has 0 fully saturated rings. The third-order valence-corrected chi connectivity index (χ3v) is 5.11. The molecule has 0 aliphatic rings. The van der Waals surface area contributed by atoms with Crippen LogP contribution in [0.4, 0.5) is 0 Å². The van der Waals surface area contributed by atoms with Crippen molar-refractivity contribution in [3.63, 3.8) is 0 Å². The zero-order chi connectivity index (χ0) is 22.7. The average molecular weight is 423 g/mol. The van der Waals surface area contributed by atoms with E-state index < -0.39 is 5.91 Å². The van der Waals surface area contributed by atoms with E-state index in [1.165, 1.54) is 16.5 Å². The van der Waals surface area contributed by atoms with Gasteiger partial charge in [-0.05, 0) is 42.7 Å². The van der Waals surface area contributed by atoms with E-state index in [1.807, 2.05) is 50.2 Å². The second kappa shape index (κ2) is 8.82. The third-order valence-electron chi connectivity index (χ3n) is 5.11. The summed E-state index contributed by atoms with van der Waals surface area (Å²) < 4.78 is 3.16. The predicted molar refractivity (Wildman–Crippen MR) is 123 cm³/mol. The lowest BCUT2D eigenvalue weighted by molar-refractivity contribution is -0.113. The topological polar surface area (TPSA) is 92.5 Å². The average Bonchev–Trinajstić information content (AvgIpc) is 2.81. The fourth-order valence-electron chi connectivity index (χ4n) is 3.60. The van der Waals surface area contributed by atoms with Crippen molar-refractivity contribution >= 4 is 28.7 Å². The van der Waals surface area contributed by atoms with Crippen LogP contribution in [0.15, 0.2) is 70.6 Å². The Morgan fingerprint density at radius 1 is 1.19 bits per heavy atom. The first-order valence-corrected chi connectivity index (χ1v) is 10.3. The largest absolute Gasteiger partial charge is 0.309 e. The molecule has 0 bridgehead atoms. The first-order valence-electron chi connectivity index (χ1n) is 10.3. The van der Waals surface area contributed by atoms with Gasteiger partial charge in [0.15, 0.2) is 5.49 Å². The number of hydrogen-bond donors (Lipinski definition) is 0. The minimum absolute atomic E-state index is 0.152. The zero-order valence-corrected chi connectivity index (χ0v) is 17.8. The summed E-state index contributed by atoms with van der Waals surface area (Å²) in [5, 5.41) is 10.1. The molecule has 0 spiro atoms. The van der Waals surface area contributed by atoms with E-state index in [2.05, 4.69) is 11.1 Å². The number of nitrogens with zero attached hydrogens (tertiary/aromatic N) is 5. The van der Waals surface area contributed by atoms with Gasteiger partial charge in [-0.3, -0.25) is 14.0 Å². The van der Waals surface area contributed by atoms with Crippen LogP contribution in [0.3, 0.4) is 0 Å². The summed E-state index contributed by atoms with van der Waals surface area (Å²) in [5.74, 6) is -0.497. The highest BCUT2D eigenvalue weighted by Crippen LogP contribution is 2.13. The van der Waals surface area contributed by atoms with Crippen LogP contribution in [0.2, 0.25) is 0 Å². The van der Waals surface area contributed by atoms with E-state index in [0.717, 1.165) is 11.1 Å². The van der Waals surface area contributed by atoms with Gasteiger partial charge in [0, 0.05) is 18.8 Å². The summed E-state index contributed by atoms with van der Waals surface area (Å²) in [7, 11) is 0. The summed E-state index contributed by atoms with van der Waals surface area (Å²) in [5.41, 5.74) is 2.74. The molecule has 3 heterocycles. The molecular weight excluding hydrogens is 402 g/mol. The number of rotatable bonds is 4. The van der Waals surface area contributed by atoms with Gasteiger partial charge in [-0.15, -0.1) is 0 Å². The van der Waals surface area contributed by atoms with E-state index in [9.17, 15) is 14.9 Å². The lowest BCUT2D eigenvalue weighted by Gasteiger charge is -2.13. The monoisotopic (exact) mass is 423 g/mol. The first-order chi connectivity index (χ1) is 15.5. The van der Waals surface area contributed by atoms with Crippen LogP contribution in [-0.2, 0) is 11.3 Å². The molecule has 158 valence electrons. The highest BCUT2D eigenvalue weighted by atomic mass is 16.1. The van der Waals surface area contributed by atoms with Crippen LogP contribution in [0.1, 0.15) is 30.0 Å². The molecule has 1 amide bonds. The molecule has 7 heteroatoms. The summed E-state index contributed by atoms with van der Waals surface area (Å²) in [4.78, 5) is 34.7. The van der Waals surface area contributed by atoms with Gasteiger partial charge in [0.2, 0.25) is 0 Å². The Morgan fingerprint density at radius 3 is 2.69 bits per heavy atom. The number of pyridine rings is 2. The number of carbonyl (C=O) groups is 1. The van der Waals surface area contributed by atoms with Gasteiger partial charge >= 0.3 is 0 Å². The van der Waals surface area contributed by atoms with Crippen LogP contribution in [0, 0.1) is 18.3 Å². The Labute approximate surface area is 184 Å². The number of amides is 1. The maximum Gasteiger partial charge on any atom is 0.271 e. The third kappa shape index (κ3) is 3.86. The Bertz CT molecular complexity index is 1540. The maximum atomic E-state index is 13.1. The van der Waals surface area contributed by atoms with Gasteiger partial charge < -0.3 is 4.57 Å². The first kappa shape index (κ1) is 20.9. The van der Waals surface area contributed by atoms with Gasteiger partial charge in [-0.25, -0.2) is 4.98 Å². The second-order valence-electron chi connectivity index (χ2n) is 7.38. The molecule has 0 saturated carbocycles. The molecule has 0 N–H and O–H groups in total. The van der Waals surface area contributed by atoms with Crippen molar-refractivity contribution in [3.05, 3.63) is 93.3 Å². The minimum atomic E-state index is -0.497. The van der Waals surface area contributed by atoms with Crippen LogP contribution in [0.25, 0.3) is 22.8 Å². The SMILES string of the molecule is CCCn1c(=NC(=O)C=Cc2ccccc2)c(C#N)cc2c(=O)n3cccc(C)c3nc21. The van der Waals surface area contributed by atoms with Crippen LogP contribution >= 0.6 is 0 Å². The second-order valence-corrected chi connectivity index (χ2v) is 7.38. The molecule has 3 aromatic heterocycles. The molecular formula is C25H21N5O2. The van der Waals surface area contributed by atoms with Gasteiger partial charge in [-0.2, -0.15) is 10.3 Å². The van der Waals surface area contributed by atoms with E-state index in [-0.39, 0.29) is 16.6 Å². The van der Waals surface area contributed by atoms with Crippen LogP contribution in [0.5, 0.6) is 0 Å². The number of aryl methyl sites for hydroxylation is 2. The lowest BCUT2D eigenvalue weighted by atomic mass is 10.2. The molecule has 0 saturated heterocycles. The molecule has 0 atom stereocenters. The fourth-order valence-corrected chi connectivity index (χ4v) is 3.60. The number of benzene rings is 1. The van der Waals surface area contributed by atoms with Crippen LogP contribution in [-0.4, -0.2) is 19.9 Å². The van der Waals surface area contributed by atoms with Gasteiger partial charge in [-0.1, -0.05) is 43.3 Å². The van der Waals surface area contributed by atoms with Gasteiger partial charge in [0.25, 0.3) is 11.5 Å². The number of carbonyl (C=O) groups excluding carboxylic acids is 1. The van der Waals surface area contributed by atoms with Crippen molar-refractivity contribution in [2.45, 2.75) is 26.8 Å². The summed E-state index contributed by atoms with van der Waals surface area (Å²) in [6.45, 7) is 4.30. The normalized spacial score (nSPS) is 12.0. The number of fused-ring (bicyclic) bond motifs is 2. The summed E-state index contributed by atoms with van der Waals surface area (Å²) in [6.07, 6.45) is 5.40. The van der Waals surface area contributed by atoms with Crippen molar-refractivity contribution in [1.82, 2.24) is 14.0 Å². The van der Waals surface area contributed by atoms with Gasteiger partial charge in [0.1, 0.15) is 17.4 Å². The molecule has 7 nitrogen and oxygen atoms in total. The highest BCUT2D eigenvalue weighted by molar-refractivity contribution is 5.92. The maximum absolute atomic E-state index is 13.1. The van der Waals surface area contributed by atoms with E-state index >= 15 is 0 Å². The fraction of sp³-hybridized carbons (Fsp3) is 0.160. The molecule has 0 aliphatic heterocycles. The molecule has 0 unspecified atom stereocenters. The Morgan fingerprint density at radius 2 is 1.97 bits per heavy atom. The molecule has 0 aliphatic carbocycles. The van der Waals surface area contributed by atoms with E-state index in [4.69, 9.17) is 4.98 Å². The Hall–Kier alpha value is -4.31. The van der Waals surface area contributed by atoms with Crippen molar-refractivity contribution in [1.29, 1.82) is 5.26 Å². The Kier molecular flexibility index (Phi) is 5.77. The van der Waals surface area contributed by atoms with Crippen molar-refractivity contribution in [2.24, 2.45) is 4.99 Å². The van der Waals surface area contributed by atoms with Crippen LogP contribution < -0.4 is 11.0 Å². The zero-order valence-electron chi connectivity index (χ0n) is 17.8. The molecule has 4 rings (SSSR count). The van der Waals surface area contributed by atoms with E-state index in [1.54, 1.807) is 22.9 Å². The smallest absolute Gasteiger partial charge is 0.271 e. The highest BCUT2D eigenvalue weighted by Gasteiger charge is 2.15. The van der Waals surface area contributed by atoms with Crippen molar-refractivity contribution in [2.75, 3.05) is 0 Å². The van der Waals surface area contributed by atoms with Crippen molar-refractivity contribution < 1.29 is 4.79 Å². The standard InChI is InChI=1S/C25H21N5O2/c1-3-13-29-23(27-21(31)12-11-18-9-5-4-6-10-18)19(16-26)15-20-24(29)28-22-17(2)8-7-14-30(22)25(20)32/h4-12,14-15H,3,13H2,1-2H3. The molecule has 4 aromatic rings. The van der Waals surface area contributed by atoms with E-state index in [0.29, 0.717) is 29.6 Å². The summed E-state index contributed by atoms with van der Waals surface area (Å²) >= 11 is 0. The quantitative estimate of drug-likeness (QED) is 0.372. The molecule has 1 aromatic carbocycles. The summed E-state index contributed by atoms with van der Waals surface area (Å²) in [6, 6.07) is 16.6. The number of aromatic nitrogens is 3. The predicted octanol–water partition coefficient (Wildman–Crippen LogP) is 3.38. The number of hydrogen-bond acceptors (Lipinski definition) is 4. The Balaban J connectivity index is 1.99. The lowest BCUT2D eigenvalue weighted by Crippen LogP contribution is -2.29. The molecule has 0 radical (unpaired) electrons. The molecule has 32 heavy (non-hydrogen) atoms.